The number of nitrogens with zero attached hydrogens (tertiary/aromatic N) is 8. The molecule has 0 spiro atoms. The average molecular weight is 1350 g/mol. The Balaban J connectivity index is 0.000000145. The topological polar surface area (TPSA) is 87.2 Å². The van der Waals surface area contributed by atoms with E-state index in [0.717, 1.165) is 145 Å². The summed E-state index contributed by atoms with van der Waals surface area (Å²) in [4.78, 5) is 30.7. The number of fused-ring (bicyclic) bond motifs is 10. The molecule has 6 heterocycles. The van der Waals surface area contributed by atoms with Gasteiger partial charge in [-0.2, -0.15) is 0 Å². The highest BCUT2D eigenvalue weighted by atomic mass is 15.0. The van der Waals surface area contributed by atoms with Gasteiger partial charge in [-0.25, -0.2) is 29.9 Å². The minimum Gasteiger partial charge on any atom is -0.307 e. The summed E-state index contributed by atoms with van der Waals surface area (Å²) >= 11 is 0. The monoisotopic (exact) mass is 1350 g/mol. The maximum atomic E-state index is 5.33. The molecule has 0 bridgehead atoms. The molecule has 0 saturated heterocycles. The van der Waals surface area contributed by atoms with Crippen LogP contribution in [0.1, 0.15) is 0 Å². The van der Waals surface area contributed by atoms with Crippen LogP contribution in [0.15, 0.2) is 388 Å². The fourth-order valence-corrected chi connectivity index (χ4v) is 14.9. The summed E-state index contributed by atoms with van der Waals surface area (Å²) in [5.74, 6) is 1.41. The van der Waals surface area contributed by atoms with Crippen LogP contribution in [0.4, 0.5) is 0 Å². The maximum absolute atomic E-state index is 5.33. The Labute approximate surface area is 612 Å². The van der Waals surface area contributed by atoms with E-state index in [1.165, 1.54) is 32.6 Å². The number of aromatic nitrogens is 8. The van der Waals surface area contributed by atoms with Crippen LogP contribution in [0.25, 0.3) is 189 Å². The van der Waals surface area contributed by atoms with E-state index in [0.29, 0.717) is 11.6 Å². The van der Waals surface area contributed by atoms with Crippen molar-refractivity contribution in [3.8, 4) is 124 Å². The molecule has 20 rings (SSSR count). The third kappa shape index (κ3) is 11.7. The number of rotatable bonds is 12. The molecule has 20 aromatic rings. The normalized spacial score (nSPS) is 11.4. The van der Waals surface area contributed by atoms with Crippen molar-refractivity contribution in [1.29, 1.82) is 0 Å². The highest BCUT2D eigenvalue weighted by molar-refractivity contribution is 6.25. The van der Waals surface area contributed by atoms with Gasteiger partial charge < -0.3 is 9.13 Å². The summed E-state index contributed by atoms with van der Waals surface area (Å²) in [6, 6.07) is 136. The summed E-state index contributed by atoms with van der Waals surface area (Å²) < 4.78 is 4.73. The van der Waals surface area contributed by atoms with Crippen molar-refractivity contribution in [1.82, 2.24) is 39.0 Å². The van der Waals surface area contributed by atoms with Gasteiger partial charge in [0.15, 0.2) is 11.6 Å². The molecule has 6 aromatic heterocycles. The molecule has 0 aliphatic rings. The van der Waals surface area contributed by atoms with Crippen molar-refractivity contribution >= 4 is 65.4 Å². The quantitative estimate of drug-likeness (QED) is 0.121. The summed E-state index contributed by atoms with van der Waals surface area (Å²) in [6.07, 6.45) is 0. The van der Waals surface area contributed by atoms with E-state index in [1.54, 1.807) is 0 Å². The van der Waals surface area contributed by atoms with Crippen molar-refractivity contribution in [3.63, 3.8) is 0 Å². The molecule has 0 unspecified atom stereocenters. The predicted octanol–water partition coefficient (Wildman–Crippen LogP) is 24.9. The highest BCUT2D eigenvalue weighted by Crippen LogP contribution is 2.44. The summed E-state index contributed by atoms with van der Waals surface area (Å²) in [5.41, 5.74) is 27.1. The molecule has 14 aromatic carbocycles. The van der Waals surface area contributed by atoms with E-state index in [9.17, 15) is 0 Å². The lowest BCUT2D eigenvalue weighted by atomic mass is 9.99. The Bertz CT molecular complexity index is 6090. The molecule has 0 amide bonds. The molecule has 0 aliphatic carbocycles. The van der Waals surface area contributed by atoms with Crippen LogP contribution >= 0.6 is 0 Å². The lowest BCUT2D eigenvalue weighted by Gasteiger charge is -2.13. The lowest BCUT2D eigenvalue weighted by molar-refractivity contribution is 1.17. The number of hydrogen-bond donors (Lipinski definition) is 0. The van der Waals surface area contributed by atoms with Crippen LogP contribution in [0.2, 0.25) is 0 Å². The van der Waals surface area contributed by atoms with Gasteiger partial charge in [0.2, 0.25) is 0 Å². The summed E-state index contributed by atoms with van der Waals surface area (Å²) in [6.45, 7) is 0. The van der Waals surface area contributed by atoms with Crippen LogP contribution in [-0.4, -0.2) is 39.0 Å². The second-order valence-corrected chi connectivity index (χ2v) is 26.5. The Morgan fingerprint density at radius 3 is 0.774 bits per heavy atom. The summed E-state index contributed by atoms with van der Waals surface area (Å²) in [7, 11) is 0. The molecule has 496 valence electrons. The molecule has 0 N–H and O–H groups in total. The third-order valence-electron chi connectivity index (χ3n) is 20.0. The molecule has 0 saturated carbocycles. The second-order valence-electron chi connectivity index (χ2n) is 26.5. The van der Waals surface area contributed by atoms with Gasteiger partial charge in [0.25, 0.3) is 0 Å². The molecule has 8 nitrogen and oxygen atoms in total. The third-order valence-corrected chi connectivity index (χ3v) is 20.0. The van der Waals surface area contributed by atoms with E-state index >= 15 is 0 Å². The molecular weight excluding hydrogens is 1290 g/mol. The number of benzene rings is 14. The van der Waals surface area contributed by atoms with Crippen molar-refractivity contribution in [2.45, 2.75) is 0 Å². The van der Waals surface area contributed by atoms with Gasteiger partial charge in [-0.3, -0.25) is 0 Å². The van der Waals surface area contributed by atoms with Crippen molar-refractivity contribution in [2.24, 2.45) is 0 Å². The van der Waals surface area contributed by atoms with Gasteiger partial charge in [-0.1, -0.05) is 328 Å². The summed E-state index contributed by atoms with van der Waals surface area (Å²) in [5, 5.41) is 7.20. The highest BCUT2D eigenvalue weighted by Gasteiger charge is 2.24. The van der Waals surface area contributed by atoms with Gasteiger partial charge in [0.1, 0.15) is 0 Å². The largest absolute Gasteiger partial charge is 0.307 e. The fraction of sp³-hybridized carbons (Fsp3) is 0. The Kier molecular flexibility index (Phi) is 16.1. The predicted molar refractivity (Wildman–Crippen MR) is 438 cm³/mol. The van der Waals surface area contributed by atoms with Crippen LogP contribution in [-0.2, 0) is 0 Å². The van der Waals surface area contributed by atoms with E-state index in [-0.39, 0.29) is 0 Å². The van der Waals surface area contributed by atoms with Crippen LogP contribution in [0, 0.1) is 0 Å². The van der Waals surface area contributed by atoms with Crippen LogP contribution < -0.4 is 0 Å². The zero-order chi connectivity index (χ0) is 70.3. The van der Waals surface area contributed by atoms with Crippen molar-refractivity contribution in [3.05, 3.63) is 388 Å². The Hall–Kier alpha value is -14.3. The first-order valence-corrected chi connectivity index (χ1v) is 35.7. The van der Waals surface area contributed by atoms with E-state index < -0.39 is 0 Å². The first kappa shape index (κ1) is 62.6. The van der Waals surface area contributed by atoms with E-state index in [1.807, 2.05) is 72.8 Å². The van der Waals surface area contributed by atoms with E-state index in [2.05, 4.69) is 325 Å². The van der Waals surface area contributed by atoms with Crippen molar-refractivity contribution in [2.75, 3.05) is 0 Å². The maximum Gasteiger partial charge on any atom is 0.160 e. The first-order chi connectivity index (χ1) is 52.6. The molecule has 8 heteroatoms. The van der Waals surface area contributed by atoms with Gasteiger partial charge in [-0.15, -0.1) is 0 Å². The van der Waals surface area contributed by atoms with Crippen LogP contribution in [0.3, 0.4) is 0 Å². The molecule has 106 heavy (non-hydrogen) atoms. The smallest absolute Gasteiger partial charge is 0.160 e. The number of para-hydroxylation sites is 6. The average Bonchev–Trinajstić information content (AvgIpc) is 1.57. The zero-order valence-corrected chi connectivity index (χ0v) is 57.5. The molecule has 0 aliphatic heterocycles. The lowest BCUT2D eigenvalue weighted by Crippen LogP contribution is -1.97. The Morgan fingerprint density at radius 2 is 0.425 bits per heavy atom. The minimum absolute atomic E-state index is 0.701. The van der Waals surface area contributed by atoms with E-state index in [4.69, 9.17) is 29.9 Å². The second kappa shape index (κ2) is 27.2. The first-order valence-electron chi connectivity index (χ1n) is 35.7. The molecular formula is C98H64N8. The molecule has 0 radical (unpaired) electrons. The molecule has 0 atom stereocenters. The van der Waals surface area contributed by atoms with Crippen molar-refractivity contribution < 1.29 is 0 Å². The standard InChI is InChI=1S/2C49H32N4/c1-4-14-35(15-5-1)43-32-44(52-49(51-43)38-16-6-2-7-17-38)36-28-24-33(25-29-36)34-26-30-37(31-27-34)47-48-46(40-20-10-12-22-42(40)50-47)41-21-11-13-23-45(41)53(48)39-18-8-3-9-19-39;1-4-14-35(15-5-1)43-32-44(36-16-6-2-7-17-36)52-49(51-43)38-30-26-34(27-31-38)33-24-28-37(29-25-33)47-48-46(40-20-10-12-22-42(40)50-47)41-21-11-13-23-45(41)53(48)39-18-8-3-9-19-39/h2*1-32H. The van der Waals surface area contributed by atoms with Crippen LogP contribution in [0.5, 0.6) is 0 Å². The van der Waals surface area contributed by atoms with Gasteiger partial charge in [0, 0.05) is 88.2 Å². The SMILES string of the molecule is c1ccc(-c2cc(-c3ccc(-c4ccc(-c5nc6ccccc6c6c7ccccc7n(-c7ccccc7)c56)cc4)cc3)nc(-c3ccccc3)n2)cc1.c1ccc(-c2cc(-c3ccccc3)nc(-c3ccc(-c4ccc(-c5nc6ccccc6c6c7ccccc7n(-c7ccccc7)c56)cc4)cc3)n2)cc1. The van der Waals surface area contributed by atoms with Gasteiger partial charge >= 0.3 is 0 Å². The fourth-order valence-electron chi connectivity index (χ4n) is 14.9. The number of hydrogen-bond acceptors (Lipinski definition) is 6. The Morgan fingerprint density at radius 1 is 0.179 bits per heavy atom. The zero-order valence-electron chi connectivity index (χ0n) is 57.5. The van der Waals surface area contributed by atoms with Gasteiger partial charge in [0.05, 0.1) is 67.3 Å². The molecule has 0 fully saturated rings. The van der Waals surface area contributed by atoms with Gasteiger partial charge in [-0.05, 0) is 82.9 Å². The number of pyridine rings is 2. The minimum atomic E-state index is 0.701.